The highest BCUT2D eigenvalue weighted by Gasteiger charge is 2.23. The summed E-state index contributed by atoms with van der Waals surface area (Å²) in [7, 11) is 0. The van der Waals surface area contributed by atoms with Crippen molar-refractivity contribution in [2.45, 2.75) is 63.7 Å². The van der Waals surface area contributed by atoms with Crippen molar-refractivity contribution in [3.63, 3.8) is 0 Å². The maximum absolute atomic E-state index is 13.6. The van der Waals surface area contributed by atoms with Crippen molar-refractivity contribution in [3.8, 4) is 0 Å². The molecule has 3 aromatic rings. The molecule has 0 spiro atoms. The van der Waals surface area contributed by atoms with Gasteiger partial charge in [0.2, 0.25) is 5.91 Å². The molecule has 208 valence electrons. The van der Waals surface area contributed by atoms with Gasteiger partial charge in [0, 0.05) is 23.4 Å². The van der Waals surface area contributed by atoms with Gasteiger partial charge in [0.15, 0.2) is 5.78 Å². The van der Waals surface area contributed by atoms with Gasteiger partial charge in [0.25, 0.3) is 5.91 Å². The van der Waals surface area contributed by atoms with Gasteiger partial charge in [0.05, 0.1) is 12.3 Å². The Kier molecular flexibility index (Phi) is 9.84. The first-order valence-corrected chi connectivity index (χ1v) is 13.9. The average Bonchev–Trinajstić information content (AvgIpc) is 2.97. The van der Waals surface area contributed by atoms with E-state index in [1.807, 2.05) is 12.1 Å². The van der Waals surface area contributed by atoms with E-state index in [1.54, 1.807) is 36.4 Å². The number of carboxylic acids is 1. The fourth-order valence-electron chi connectivity index (χ4n) is 5.23. The summed E-state index contributed by atoms with van der Waals surface area (Å²) in [5.41, 5.74) is 4.75. The van der Waals surface area contributed by atoms with Crippen LogP contribution in [-0.4, -0.2) is 35.2 Å². The highest BCUT2D eigenvalue weighted by Crippen LogP contribution is 2.34. The van der Waals surface area contributed by atoms with Crippen LogP contribution in [0.2, 0.25) is 0 Å². The van der Waals surface area contributed by atoms with Gasteiger partial charge in [-0.15, -0.1) is 0 Å². The molecule has 1 aliphatic rings. The molecule has 2 amide bonds. The quantitative estimate of drug-likeness (QED) is 0.254. The minimum Gasteiger partial charge on any atom is -0.481 e. The van der Waals surface area contributed by atoms with Crippen LogP contribution in [0.5, 0.6) is 0 Å². The summed E-state index contributed by atoms with van der Waals surface area (Å²) in [4.78, 5) is 48.2. The molecule has 1 fully saturated rings. The standard InChI is InChI=1S/C33H36N2O5/c1-22(36)24-15-17-29(18-16-24)35-33(40)30(27-13-11-26(12-14-27)25-5-3-2-4-6-25)21-23-7-9-28(10-8-23)32(39)34-20-19-31(37)38/h7-18,25,30H,2-6,19-21H2,1H3,(H,34,39)(H,35,40)(H,37,38). The highest BCUT2D eigenvalue weighted by atomic mass is 16.4. The van der Waals surface area contributed by atoms with Gasteiger partial charge in [-0.25, -0.2) is 0 Å². The van der Waals surface area contributed by atoms with E-state index < -0.39 is 11.9 Å². The Balaban J connectivity index is 1.51. The predicted molar refractivity (Wildman–Crippen MR) is 155 cm³/mol. The molecule has 0 radical (unpaired) electrons. The predicted octanol–water partition coefficient (Wildman–Crippen LogP) is 6.11. The minimum absolute atomic E-state index is 0.0344. The molecule has 1 unspecified atom stereocenters. The summed E-state index contributed by atoms with van der Waals surface area (Å²) < 4.78 is 0. The molecular weight excluding hydrogens is 504 g/mol. The van der Waals surface area contributed by atoms with Crippen LogP contribution in [0.15, 0.2) is 72.8 Å². The number of carbonyl (C=O) groups excluding carboxylic acids is 3. The van der Waals surface area contributed by atoms with E-state index in [4.69, 9.17) is 5.11 Å². The van der Waals surface area contributed by atoms with Gasteiger partial charge in [-0.3, -0.25) is 19.2 Å². The molecule has 1 saturated carbocycles. The topological polar surface area (TPSA) is 113 Å². The third-order valence-corrected chi connectivity index (χ3v) is 7.57. The lowest BCUT2D eigenvalue weighted by atomic mass is 9.83. The Labute approximate surface area is 235 Å². The second-order valence-corrected chi connectivity index (χ2v) is 10.5. The number of anilines is 1. The van der Waals surface area contributed by atoms with Crippen molar-refractivity contribution < 1.29 is 24.3 Å². The number of rotatable bonds is 11. The number of carbonyl (C=O) groups is 4. The summed E-state index contributed by atoms with van der Waals surface area (Å²) in [5.74, 6) is -1.40. The minimum atomic E-state index is -0.971. The third kappa shape index (κ3) is 7.88. The van der Waals surface area contributed by atoms with Gasteiger partial charge in [0.1, 0.15) is 0 Å². The zero-order valence-electron chi connectivity index (χ0n) is 22.8. The first kappa shape index (κ1) is 28.7. The Morgan fingerprint density at radius 1 is 0.825 bits per heavy atom. The molecule has 1 aliphatic carbocycles. The van der Waals surface area contributed by atoms with Crippen molar-refractivity contribution in [2.75, 3.05) is 11.9 Å². The zero-order chi connectivity index (χ0) is 28.5. The molecule has 0 heterocycles. The molecule has 0 bridgehead atoms. The van der Waals surface area contributed by atoms with E-state index in [0.717, 1.165) is 11.1 Å². The molecule has 0 saturated heterocycles. The lowest BCUT2D eigenvalue weighted by molar-refractivity contribution is -0.136. The van der Waals surface area contributed by atoms with Crippen molar-refractivity contribution in [3.05, 3.63) is 101 Å². The number of nitrogens with one attached hydrogen (secondary N) is 2. The summed E-state index contributed by atoms with van der Waals surface area (Å²) in [6, 6.07) is 22.3. The second kappa shape index (κ2) is 13.7. The fourth-order valence-corrected chi connectivity index (χ4v) is 5.23. The van der Waals surface area contributed by atoms with Crippen LogP contribution < -0.4 is 10.6 Å². The van der Waals surface area contributed by atoms with E-state index in [0.29, 0.717) is 29.2 Å². The second-order valence-electron chi connectivity index (χ2n) is 10.5. The van der Waals surface area contributed by atoms with Crippen LogP contribution in [0, 0.1) is 0 Å². The Hall–Kier alpha value is -4.26. The summed E-state index contributed by atoms with van der Waals surface area (Å²) >= 11 is 0. The van der Waals surface area contributed by atoms with Crippen LogP contribution in [0.1, 0.15) is 94.7 Å². The van der Waals surface area contributed by atoms with Crippen LogP contribution in [0.25, 0.3) is 0 Å². The molecular formula is C33H36N2O5. The van der Waals surface area contributed by atoms with Crippen molar-refractivity contribution in [1.82, 2.24) is 5.32 Å². The maximum atomic E-state index is 13.6. The van der Waals surface area contributed by atoms with Gasteiger partial charge < -0.3 is 15.7 Å². The number of amides is 2. The SMILES string of the molecule is CC(=O)c1ccc(NC(=O)C(Cc2ccc(C(=O)NCCC(=O)O)cc2)c2ccc(C3CCCCC3)cc2)cc1. The van der Waals surface area contributed by atoms with Crippen LogP contribution >= 0.6 is 0 Å². The van der Waals surface area contributed by atoms with E-state index in [2.05, 4.69) is 34.9 Å². The Morgan fingerprint density at radius 2 is 1.45 bits per heavy atom. The molecule has 0 aromatic heterocycles. The van der Waals surface area contributed by atoms with Gasteiger partial charge in [-0.1, -0.05) is 55.7 Å². The summed E-state index contributed by atoms with van der Waals surface area (Å²) in [6.07, 6.45) is 6.51. The largest absolute Gasteiger partial charge is 0.481 e. The highest BCUT2D eigenvalue weighted by molar-refractivity contribution is 5.98. The summed E-state index contributed by atoms with van der Waals surface area (Å²) in [5, 5.41) is 14.4. The number of hydrogen-bond acceptors (Lipinski definition) is 4. The molecule has 7 heteroatoms. The zero-order valence-corrected chi connectivity index (χ0v) is 22.8. The average molecular weight is 541 g/mol. The van der Waals surface area contributed by atoms with Crippen molar-refractivity contribution in [1.29, 1.82) is 0 Å². The van der Waals surface area contributed by atoms with E-state index >= 15 is 0 Å². The molecule has 0 aliphatic heterocycles. The third-order valence-electron chi connectivity index (χ3n) is 7.57. The Bertz CT molecular complexity index is 1320. The molecule has 3 N–H and O–H groups in total. The molecule has 3 aromatic carbocycles. The van der Waals surface area contributed by atoms with Crippen molar-refractivity contribution >= 4 is 29.3 Å². The smallest absolute Gasteiger partial charge is 0.305 e. The van der Waals surface area contributed by atoms with Crippen LogP contribution in [0.3, 0.4) is 0 Å². The molecule has 7 nitrogen and oxygen atoms in total. The number of Topliss-reactive ketones (excluding diaryl/α,β-unsaturated/α-hetero) is 1. The number of benzene rings is 3. The molecule has 1 atom stereocenters. The van der Waals surface area contributed by atoms with E-state index in [9.17, 15) is 19.2 Å². The van der Waals surface area contributed by atoms with Gasteiger partial charge >= 0.3 is 5.97 Å². The number of hydrogen-bond donors (Lipinski definition) is 3. The van der Waals surface area contributed by atoms with E-state index in [-0.39, 0.29) is 30.6 Å². The first-order valence-electron chi connectivity index (χ1n) is 13.9. The van der Waals surface area contributed by atoms with Gasteiger partial charge in [-0.2, -0.15) is 0 Å². The Morgan fingerprint density at radius 3 is 2.05 bits per heavy atom. The first-order chi connectivity index (χ1) is 19.3. The normalized spacial score (nSPS) is 14.2. The van der Waals surface area contributed by atoms with Crippen LogP contribution in [-0.2, 0) is 16.0 Å². The monoisotopic (exact) mass is 540 g/mol. The number of aliphatic carboxylic acids is 1. The van der Waals surface area contributed by atoms with Crippen molar-refractivity contribution in [2.24, 2.45) is 0 Å². The lowest BCUT2D eigenvalue weighted by Crippen LogP contribution is -2.26. The summed E-state index contributed by atoms with van der Waals surface area (Å²) in [6.45, 7) is 1.56. The van der Waals surface area contributed by atoms with E-state index in [1.165, 1.54) is 44.6 Å². The number of carboxylic acid groups (broad SMARTS) is 1. The van der Waals surface area contributed by atoms with Gasteiger partial charge in [-0.05, 0) is 85.2 Å². The number of ketones is 1. The maximum Gasteiger partial charge on any atom is 0.305 e. The molecule has 40 heavy (non-hydrogen) atoms. The lowest BCUT2D eigenvalue weighted by Gasteiger charge is -2.23. The molecule has 4 rings (SSSR count). The fraction of sp³-hybridized carbons (Fsp3) is 0.333. The van der Waals surface area contributed by atoms with Crippen LogP contribution in [0.4, 0.5) is 5.69 Å².